The molecule has 2 heterocycles. The molecule has 0 radical (unpaired) electrons. The van der Waals surface area contributed by atoms with Crippen molar-refractivity contribution >= 4 is 22.8 Å². The first-order chi connectivity index (χ1) is 14.3. The lowest BCUT2D eigenvalue weighted by Gasteiger charge is -2.34. The van der Waals surface area contributed by atoms with Crippen LogP contribution in [0.25, 0.3) is 10.9 Å². The van der Waals surface area contributed by atoms with E-state index < -0.39 is 17.7 Å². The van der Waals surface area contributed by atoms with Crippen LogP contribution < -0.4 is 10.5 Å². The molecule has 1 aromatic carbocycles. The fraction of sp³-hybridized carbons (Fsp3) is 0.545. The molecule has 2 aromatic rings. The quantitative estimate of drug-likeness (QED) is 0.674. The van der Waals surface area contributed by atoms with E-state index in [-0.39, 0.29) is 28.5 Å². The third-order valence-corrected chi connectivity index (χ3v) is 5.95. The number of likely N-dealkylation sites (tertiary alicyclic amines) is 1. The second-order valence-corrected chi connectivity index (χ2v) is 8.56. The predicted molar refractivity (Wildman–Crippen MR) is 110 cm³/mol. The van der Waals surface area contributed by atoms with Crippen LogP contribution in [0.15, 0.2) is 12.1 Å². The lowest BCUT2D eigenvalue weighted by molar-refractivity contribution is 0.0477. The van der Waals surface area contributed by atoms with Crippen LogP contribution in [-0.4, -0.2) is 53.6 Å². The van der Waals surface area contributed by atoms with Gasteiger partial charge in [0.1, 0.15) is 11.8 Å². The number of hydrogen-bond acceptors (Lipinski definition) is 5. The molecule has 0 atom stereocenters. The van der Waals surface area contributed by atoms with Gasteiger partial charge in [-0.1, -0.05) is 0 Å². The smallest absolute Gasteiger partial charge is 0.355 e. The summed E-state index contributed by atoms with van der Waals surface area (Å²) >= 11 is 0. The molecule has 1 aromatic heterocycles. The molecule has 0 unspecified atom stereocenters. The summed E-state index contributed by atoms with van der Waals surface area (Å²) in [5.41, 5.74) is 5.80. The van der Waals surface area contributed by atoms with Gasteiger partial charge in [0.2, 0.25) is 0 Å². The molecule has 1 aliphatic heterocycles. The van der Waals surface area contributed by atoms with Crippen LogP contribution in [0.4, 0.5) is 4.39 Å². The van der Waals surface area contributed by atoms with Crippen molar-refractivity contribution in [2.24, 2.45) is 11.7 Å². The second kappa shape index (κ2) is 8.26. The van der Waals surface area contributed by atoms with Gasteiger partial charge in [0.05, 0.1) is 17.7 Å². The predicted octanol–water partition coefficient (Wildman–Crippen LogP) is 3.22. The van der Waals surface area contributed by atoms with E-state index in [1.807, 2.05) is 0 Å². The van der Waals surface area contributed by atoms with E-state index in [4.69, 9.17) is 15.2 Å². The summed E-state index contributed by atoms with van der Waals surface area (Å²) in [4.78, 5) is 29.7. The number of ether oxygens (including phenoxy) is 2. The molecule has 8 heteroatoms. The Labute approximate surface area is 174 Å². The van der Waals surface area contributed by atoms with Crippen LogP contribution in [0, 0.1) is 11.7 Å². The Hall–Kier alpha value is -2.61. The maximum Gasteiger partial charge on any atom is 0.355 e. The number of benzene rings is 1. The van der Waals surface area contributed by atoms with E-state index in [9.17, 15) is 14.0 Å². The van der Waals surface area contributed by atoms with Crippen LogP contribution in [0.1, 0.15) is 60.4 Å². The lowest BCUT2D eigenvalue weighted by Crippen LogP contribution is -2.41. The molecular weight excluding hydrogens is 389 g/mol. The van der Waals surface area contributed by atoms with Gasteiger partial charge >= 0.3 is 5.97 Å². The number of nitrogens with two attached hydrogens (primary N) is 1. The zero-order valence-electron chi connectivity index (χ0n) is 17.4. The van der Waals surface area contributed by atoms with Crippen LogP contribution in [0.2, 0.25) is 0 Å². The Morgan fingerprint density at radius 2 is 1.93 bits per heavy atom. The number of nitrogens with zero attached hydrogens (tertiary/aromatic N) is 1. The monoisotopic (exact) mass is 417 g/mol. The van der Waals surface area contributed by atoms with Gasteiger partial charge in [-0.2, -0.15) is 0 Å². The molecule has 0 spiro atoms. The summed E-state index contributed by atoms with van der Waals surface area (Å²) in [5, 5.41) is 0.250. The fourth-order valence-corrected chi connectivity index (χ4v) is 3.93. The van der Waals surface area contributed by atoms with Crippen LogP contribution in [0.5, 0.6) is 5.75 Å². The number of amides is 1. The third-order valence-electron chi connectivity index (χ3n) is 5.95. The van der Waals surface area contributed by atoms with Gasteiger partial charge in [0.25, 0.3) is 5.91 Å². The summed E-state index contributed by atoms with van der Waals surface area (Å²) in [6.07, 6.45) is 3.60. The minimum absolute atomic E-state index is 0.0417. The molecule has 2 fully saturated rings. The highest BCUT2D eigenvalue weighted by Crippen LogP contribution is 2.32. The largest absolute Gasteiger partial charge is 0.487 e. The van der Waals surface area contributed by atoms with Crippen molar-refractivity contribution in [1.82, 2.24) is 9.88 Å². The first-order valence-electron chi connectivity index (χ1n) is 10.6. The van der Waals surface area contributed by atoms with Gasteiger partial charge in [0, 0.05) is 30.6 Å². The topological polar surface area (TPSA) is 97.7 Å². The number of rotatable bonds is 7. The minimum Gasteiger partial charge on any atom is -0.487 e. The van der Waals surface area contributed by atoms with E-state index in [1.54, 1.807) is 0 Å². The zero-order valence-corrected chi connectivity index (χ0v) is 17.4. The third kappa shape index (κ3) is 4.28. The summed E-state index contributed by atoms with van der Waals surface area (Å²) in [6, 6.07) is 3.16. The van der Waals surface area contributed by atoms with E-state index >= 15 is 0 Å². The van der Waals surface area contributed by atoms with Gasteiger partial charge < -0.3 is 25.1 Å². The molecule has 1 saturated heterocycles. The van der Waals surface area contributed by atoms with Crippen molar-refractivity contribution in [1.29, 1.82) is 0 Å². The van der Waals surface area contributed by atoms with E-state index in [0.717, 1.165) is 38.8 Å². The number of aromatic nitrogens is 1. The van der Waals surface area contributed by atoms with E-state index in [2.05, 4.69) is 23.7 Å². The van der Waals surface area contributed by atoms with Crippen LogP contribution in [0.3, 0.4) is 0 Å². The molecule has 2 aliphatic rings. The minimum atomic E-state index is -0.811. The highest BCUT2D eigenvalue weighted by atomic mass is 19.1. The number of hydrogen-bond donors (Lipinski definition) is 2. The van der Waals surface area contributed by atoms with Crippen molar-refractivity contribution in [3.05, 3.63) is 29.2 Å². The Kier molecular flexibility index (Phi) is 5.69. The molecule has 30 heavy (non-hydrogen) atoms. The number of carbonyl (C=O) groups excluding carboxylic acids is 2. The van der Waals surface area contributed by atoms with Crippen molar-refractivity contribution in [3.63, 3.8) is 0 Å². The molecule has 162 valence electrons. The number of primary amides is 1. The molecule has 1 aliphatic carbocycles. The molecule has 0 bridgehead atoms. The highest BCUT2D eigenvalue weighted by molar-refractivity contribution is 6.14. The standard InChI is InChI=1S/C22H28FN3O4/c1-12(2)26-7-5-14(6-8-26)30-18-10-17-15(9-16(18)23)19(21(24)27)20(25-17)22(28)29-11-13-3-4-13/h9-10,12-14,25H,3-8,11H2,1-2H3,(H2,24,27). The van der Waals surface area contributed by atoms with Crippen molar-refractivity contribution < 1.29 is 23.5 Å². The maximum absolute atomic E-state index is 14.8. The average Bonchev–Trinajstić information content (AvgIpc) is 3.46. The SMILES string of the molecule is CC(C)N1CCC(Oc2cc3[nH]c(C(=O)OCC4CC4)c(C(N)=O)c3cc2F)CC1. The average molecular weight is 417 g/mol. The number of halogens is 1. The molecule has 7 nitrogen and oxygen atoms in total. The number of esters is 1. The zero-order chi connectivity index (χ0) is 21.4. The van der Waals surface area contributed by atoms with Crippen molar-refractivity contribution in [3.8, 4) is 5.75 Å². The summed E-state index contributed by atoms with van der Waals surface area (Å²) in [6.45, 7) is 6.42. The Morgan fingerprint density at radius 3 is 2.53 bits per heavy atom. The molecular formula is C22H28FN3O4. The number of aromatic amines is 1. The van der Waals surface area contributed by atoms with Crippen LogP contribution in [-0.2, 0) is 4.74 Å². The summed E-state index contributed by atoms with van der Waals surface area (Å²) in [5.74, 6) is -1.58. The first-order valence-corrected chi connectivity index (χ1v) is 10.6. The molecule has 4 rings (SSSR count). The Balaban J connectivity index is 1.56. The van der Waals surface area contributed by atoms with Gasteiger partial charge in [-0.25, -0.2) is 9.18 Å². The maximum atomic E-state index is 14.8. The molecule has 1 saturated carbocycles. The van der Waals surface area contributed by atoms with Crippen LogP contribution >= 0.6 is 0 Å². The van der Waals surface area contributed by atoms with Crippen molar-refractivity contribution in [2.75, 3.05) is 19.7 Å². The van der Waals surface area contributed by atoms with Gasteiger partial charge in [-0.15, -0.1) is 0 Å². The summed E-state index contributed by atoms with van der Waals surface area (Å²) < 4.78 is 26.0. The number of piperidine rings is 1. The van der Waals surface area contributed by atoms with E-state index in [0.29, 0.717) is 24.1 Å². The number of carbonyl (C=O) groups is 2. The summed E-state index contributed by atoms with van der Waals surface area (Å²) in [7, 11) is 0. The van der Waals surface area contributed by atoms with E-state index in [1.165, 1.54) is 12.1 Å². The van der Waals surface area contributed by atoms with Crippen molar-refractivity contribution in [2.45, 2.75) is 51.7 Å². The normalized spacial score (nSPS) is 18.1. The fourth-order valence-electron chi connectivity index (χ4n) is 3.93. The molecule has 3 N–H and O–H groups in total. The first kappa shape index (κ1) is 20.7. The highest BCUT2D eigenvalue weighted by Gasteiger charge is 2.28. The number of H-pyrrole nitrogens is 1. The van der Waals surface area contributed by atoms with Gasteiger partial charge in [-0.05, 0) is 51.5 Å². The Morgan fingerprint density at radius 1 is 1.23 bits per heavy atom. The number of nitrogens with one attached hydrogen (secondary N) is 1. The Bertz CT molecular complexity index is 959. The lowest BCUT2D eigenvalue weighted by atomic mass is 10.1. The number of fused-ring (bicyclic) bond motifs is 1. The van der Waals surface area contributed by atoms with Gasteiger partial charge in [-0.3, -0.25) is 4.79 Å². The second-order valence-electron chi connectivity index (χ2n) is 8.56. The van der Waals surface area contributed by atoms with Gasteiger partial charge in [0.15, 0.2) is 11.6 Å². The molecule has 1 amide bonds.